The van der Waals surface area contributed by atoms with Gasteiger partial charge in [-0.05, 0) is 0 Å². The molecule has 0 spiro atoms. The number of aliphatic hydroxyl groups is 2. The summed E-state index contributed by atoms with van der Waals surface area (Å²) >= 11 is 0. The first-order valence-electron chi connectivity index (χ1n) is 7.73. The summed E-state index contributed by atoms with van der Waals surface area (Å²) in [6.45, 7) is 6.72. The van der Waals surface area contributed by atoms with Crippen molar-refractivity contribution in [2.75, 3.05) is 92.4 Å². The zero-order valence-electron chi connectivity index (χ0n) is 13.3. The average Bonchev–Trinajstić information content (AvgIpc) is 2.54. The van der Waals surface area contributed by atoms with E-state index in [-0.39, 0.29) is 13.2 Å². The number of ether oxygens (including phenoxy) is 5. The molecule has 134 valence electrons. The SMILES string of the molecule is OCCOCCNCCOCCOCCOCCOCCO. The fraction of sp³-hybridized carbons (Fsp3) is 1.00. The summed E-state index contributed by atoms with van der Waals surface area (Å²) in [6.07, 6.45) is 0. The molecule has 8 heteroatoms. The van der Waals surface area contributed by atoms with E-state index in [1.165, 1.54) is 0 Å². The summed E-state index contributed by atoms with van der Waals surface area (Å²) in [7, 11) is 0. The van der Waals surface area contributed by atoms with Crippen LogP contribution >= 0.6 is 0 Å². The zero-order valence-corrected chi connectivity index (χ0v) is 13.3. The number of rotatable bonds is 19. The second-order valence-corrected chi connectivity index (χ2v) is 4.26. The van der Waals surface area contributed by atoms with Crippen LogP contribution in [-0.2, 0) is 23.7 Å². The van der Waals surface area contributed by atoms with E-state index >= 15 is 0 Å². The van der Waals surface area contributed by atoms with E-state index in [4.69, 9.17) is 33.9 Å². The van der Waals surface area contributed by atoms with Gasteiger partial charge in [0.1, 0.15) is 0 Å². The van der Waals surface area contributed by atoms with Gasteiger partial charge in [0.05, 0.1) is 79.3 Å². The number of aliphatic hydroxyl groups excluding tert-OH is 2. The van der Waals surface area contributed by atoms with E-state index in [1.54, 1.807) is 0 Å². The average molecular weight is 325 g/mol. The number of hydrogen-bond acceptors (Lipinski definition) is 8. The van der Waals surface area contributed by atoms with Gasteiger partial charge in [0.25, 0.3) is 0 Å². The van der Waals surface area contributed by atoms with Crippen molar-refractivity contribution in [3.8, 4) is 0 Å². The molecule has 0 atom stereocenters. The lowest BCUT2D eigenvalue weighted by molar-refractivity contribution is -0.00528. The minimum Gasteiger partial charge on any atom is -0.394 e. The highest BCUT2D eigenvalue weighted by Crippen LogP contribution is 1.82. The molecule has 0 saturated carbocycles. The molecule has 0 aromatic heterocycles. The molecule has 0 aliphatic carbocycles. The fourth-order valence-electron chi connectivity index (χ4n) is 1.41. The Morgan fingerprint density at radius 3 is 1.18 bits per heavy atom. The van der Waals surface area contributed by atoms with Crippen LogP contribution < -0.4 is 5.32 Å². The Balaban J connectivity index is 2.91. The van der Waals surface area contributed by atoms with Crippen molar-refractivity contribution in [1.82, 2.24) is 5.32 Å². The quantitative estimate of drug-likeness (QED) is 0.251. The Labute approximate surface area is 132 Å². The summed E-state index contributed by atoms with van der Waals surface area (Å²) in [6, 6.07) is 0. The van der Waals surface area contributed by atoms with Gasteiger partial charge in [0.15, 0.2) is 0 Å². The molecule has 0 aliphatic rings. The highest BCUT2D eigenvalue weighted by Gasteiger charge is 1.93. The third kappa shape index (κ3) is 19.7. The van der Waals surface area contributed by atoms with Crippen molar-refractivity contribution in [2.24, 2.45) is 0 Å². The molecule has 0 bridgehead atoms. The van der Waals surface area contributed by atoms with Crippen LogP contribution in [-0.4, -0.2) is 103 Å². The van der Waals surface area contributed by atoms with Crippen molar-refractivity contribution in [1.29, 1.82) is 0 Å². The van der Waals surface area contributed by atoms with E-state index in [0.717, 1.165) is 13.1 Å². The lowest BCUT2D eigenvalue weighted by Crippen LogP contribution is -2.25. The Bertz CT molecular complexity index is 178. The van der Waals surface area contributed by atoms with Crippen LogP contribution in [0.1, 0.15) is 0 Å². The van der Waals surface area contributed by atoms with Crippen LogP contribution in [0.15, 0.2) is 0 Å². The zero-order chi connectivity index (χ0) is 16.1. The van der Waals surface area contributed by atoms with E-state index in [2.05, 4.69) is 5.32 Å². The Hall–Kier alpha value is -0.320. The molecule has 0 aliphatic heterocycles. The largest absolute Gasteiger partial charge is 0.394 e. The van der Waals surface area contributed by atoms with Gasteiger partial charge in [0, 0.05) is 13.1 Å². The van der Waals surface area contributed by atoms with Gasteiger partial charge in [0.2, 0.25) is 0 Å². The lowest BCUT2D eigenvalue weighted by Gasteiger charge is -2.08. The van der Waals surface area contributed by atoms with Crippen LogP contribution in [0.2, 0.25) is 0 Å². The topological polar surface area (TPSA) is 98.6 Å². The predicted octanol–water partition coefficient (Wildman–Crippen LogP) is -1.36. The summed E-state index contributed by atoms with van der Waals surface area (Å²) < 4.78 is 26.1. The molecule has 0 saturated heterocycles. The van der Waals surface area contributed by atoms with E-state index < -0.39 is 0 Å². The van der Waals surface area contributed by atoms with Crippen molar-refractivity contribution >= 4 is 0 Å². The van der Waals surface area contributed by atoms with Crippen molar-refractivity contribution in [3.05, 3.63) is 0 Å². The first-order chi connectivity index (χ1) is 10.9. The van der Waals surface area contributed by atoms with Crippen LogP contribution in [0.5, 0.6) is 0 Å². The molecular formula is C14H31NO7. The third-order valence-corrected chi connectivity index (χ3v) is 2.43. The number of nitrogens with one attached hydrogen (secondary N) is 1. The maximum Gasteiger partial charge on any atom is 0.0701 e. The summed E-state index contributed by atoms with van der Waals surface area (Å²) in [5.74, 6) is 0. The molecule has 8 nitrogen and oxygen atoms in total. The molecule has 0 radical (unpaired) electrons. The van der Waals surface area contributed by atoms with Crippen LogP contribution in [0, 0.1) is 0 Å². The molecule has 0 unspecified atom stereocenters. The maximum atomic E-state index is 8.50. The van der Waals surface area contributed by atoms with E-state index in [0.29, 0.717) is 66.1 Å². The van der Waals surface area contributed by atoms with Gasteiger partial charge in [-0.1, -0.05) is 0 Å². The monoisotopic (exact) mass is 325 g/mol. The van der Waals surface area contributed by atoms with Crippen LogP contribution in [0.4, 0.5) is 0 Å². The van der Waals surface area contributed by atoms with Crippen LogP contribution in [0.25, 0.3) is 0 Å². The maximum absolute atomic E-state index is 8.50. The highest BCUT2D eigenvalue weighted by molar-refractivity contribution is 4.45. The smallest absolute Gasteiger partial charge is 0.0701 e. The standard InChI is InChI=1S/C14H31NO7/c16-3-7-18-5-1-15-2-6-19-9-11-21-13-14-22-12-10-20-8-4-17/h15-17H,1-14H2. The molecule has 0 aromatic carbocycles. The first-order valence-corrected chi connectivity index (χ1v) is 7.73. The molecular weight excluding hydrogens is 294 g/mol. The normalized spacial score (nSPS) is 11.2. The van der Waals surface area contributed by atoms with Crippen LogP contribution in [0.3, 0.4) is 0 Å². The minimum absolute atomic E-state index is 0.0378. The Morgan fingerprint density at radius 2 is 0.773 bits per heavy atom. The minimum atomic E-state index is 0.0378. The Kier molecular flexibility index (Phi) is 20.4. The predicted molar refractivity (Wildman–Crippen MR) is 81.1 cm³/mol. The van der Waals surface area contributed by atoms with Crippen molar-refractivity contribution < 1.29 is 33.9 Å². The third-order valence-electron chi connectivity index (χ3n) is 2.43. The number of hydrogen-bond donors (Lipinski definition) is 3. The second kappa shape index (κ2) is 20.7. The Morgan fingerprint density at radius 1 is 0.455 bits per heavy atom. The van der Waals surface area contributed by atoms with Gasteiger partial charge in [-0.3, -0.25) is 0 Å². The first kappa shape index (κ1) is 21.7. The van der Waals surface area contributed by atoms with Crippen molar-refractivity contribution in [2.45, 2.75) is 0 Å². The molecule has 0 amide bonds. The van der Waals surface area contributed by atoms with Gasteiger partial charge >= 0.3 is 0 Å². The summed E-state index contributed by atoms with van der Waals surface area (Å²) in [5.41, 5.74) is 0. The van der Waals surface area contributed by atoms with E-state index in [9.17, 15) is 0 Å². The molecule has 0 fully saturated rings. The molecule has 3 N–H and O–H groups in total. The molecule has 0 rings (SSSR count). The van der Waals surface area contributed by atoms with Gasteiger partial charge < -0.3 is 39.2 Å². The molecule has 0 heterocycles. The molecule has 0 aromatic rings. The van der Waals surface area contributed by atoms with Gasteiger partial charge in [-0.2, -0.15) is 0 Å². The van der Waals surface area contributed by atoms with Crippen molar-refractivity contribution in [3.63, 3.8) is 0 Å². The highest BCUT2D eigenvalue weighted by atomic mass is 16.6. The summed E-state index contributed by atoms with van der Waals surface area (Å²) in [5, 5.41) is 20.2. The van der Waals surface area contributed by atoms with Gasteiger partial charge in [-0.25, -0.2) is 0 Å². The van der Waals surface area contributed by atoms with E-state index in [1.807, 2.05) is 0 Å². The lowest BCUT2D eigenvalue weighted by atomic mass is 10.6. The fourth-order valence-corrected chi connectivity index (χ4v) is 1.41. The second-order valence-electron chi connectivity index (χ2n) is 4.26. The molecule has 22 heavy (non-hydrogen) atoms. The summed E-state index contributed by atoms with van der Waals surface area (Å²) in [4.78, 5) is 0. The van der Waals surface area contributed by atoms with Gasteiger partial charge in [-0.15, -0.1) is 0 Å².